The Balaban J connectivity index is 1.20. The number of furan rings is 1. The predicted octanol–water partition coefficient (Wildman–Crippen LogP) is 6.10. The van der Waals surface area contributed by atoms with Gasteiger partial charge in [0.1, 0.15) is 16.9 Å². The van der Waals surface area contributed by atoms with Crippen LogP contribution in [0.15, 0.2) is 71.9 Å². The molecule has 1 fully saturated rings. The zero-order valence-electron chi connectivity index (χ0n) is 20.4. The van der Waals surface area contributed by atoms with E-state index in [1.807, 2.05) is 36.7 Å². The maximum Gasteiger partial charge on any atom is 0.138 e. The number of nitrogens with one attached hydrogen (secondary N) is 3. The maximum absolute atomic E-state index is 5.30. The number of fused-ring (bicyclic) bond motifs is 2. The molecule has 0 aliphatic heterocycles. The van der Waals surface area contributed by atoms with Crippen LogP contribution in [0.5, 0.6) is 0 Å². The van der Waals surface area contributed by atoms with Crippen molar-refractivity contribution in [3.63, 3.8) is 0 Å². The first-order valence-corrected chi connectivity index (χ1v) is 12.8. The zero-order valence-corrected chi connectivity index (χ0v) is 20.4. The highest BCUT2D eigenvalue weighted by atomic mass is 16.3. The molecule has 8 heteroatoms. The lowest BCUT2D eigenvalue weighted by Gasteiger charge is -2.11. The van der Waals surface area contributed by atoms with E-state index in [1.165, 1.54) is 31.2 Å². The van der Waals surface area contributed by atoms with E-state index in [2.05, 4.69) is 42.6 Å². The number of hydrogen-bond acceptors (Lipinski definition) is 6. The summed E-state index contributed by atoms with van der Waals surface area (Å²) in [5.41, 5.74) is 9.19. The molecule has 0 saturated heterocycles. The molecule has 0 spiro atoms. The lowest BCUT2D eigenvalue weighted by Crippen LogP contribution is -2.20. The standard InChI is InChI=1S/C29H27N7O/c1-2-4-18(3-1)13-30-14-19-11-21(16-31-15-19)24-5-6-25-27(33-24)28(36-35-25)26-12-23-22(20-8-10-37-17-20)7-9-32-29(23)34-26/h5-12,15-18,30H,1-4,13-14H2,(H,32,34)(H,35,36). The molecule has 0 atom stereocenters. The lowest BCUT2D eigenvalue weighted by atomic mass is 10.1. The van der Waals surface area contributed by atoms with Crippen molar-refractivity contribution in [3.05, 3.63) is 73.1 Å². The van der Waals surface area contributed by atoms with Crippen molar-refractivity contribution >= 4 is 22.1 Å². The molecule has 1 aliphatic rings. The number of rotatable bonds is 7. The molecule has 6 aromatic rings. The third-order valence-electron chi connectivity index (χ3n) is 7.35. The number of aromatic nitrogens is 6. The van der Waals surface area contributed by atoms with Gasteiger partial charge in [0.15, 0.2) is 0 Å². The highest BCUT2D eigenvalue weighted by Crippen LogP contribution is 2.33. The second-order valence-electron chi connectivity index (χ2n) is 9.84. The minimum Gasteiger partial charge on any atom is -0.472 e. The van der Waals surface area contributed by atoms with Crippen LogP contribution in [0.25, 0.3) is 55.8 Å². The molecule has 0 aromatic carbocycles. The Kier molecular flexibility index (Phi) is 5.51. The van der Waals surface area contributed by atoms with Gasteiger partial charge in [-0.25, -0.2) is 9.97 Å². The first kappa shape index (κ1) is 21.9. The Morgan fingerprint density at radius 3 is 2.86 bits per heavy atom. The minimum absolute atomic E-state index is 0.760. The van der Waals surface area contributed by atoms with E-state index >= 15 is 0 Å². The van der Waals surface area contributed by atoms with Crippen LogP contribution in [0.3, 0.4) is 0 Å². The normalized spacial score (nSPS) is 14.3. The fraction of sp³-hybridized carbons (Fsp3) is 0.241. The van der Waals surface area contributed by atoms with E-state index in [0.29, 0.717) is 0 Å². The number of aromatic amines is 2. The highest BCUT2D eigenvalue weighted by Gasteiger charge is 2.17. The Morgan fingerprint density at radius 2 is 1.97 bits per heavy atom. The first-order chi connectivity index (χ1) is 18.3. The van der Waals surface area contributed by atoms with Gasteiger partial charge in [-0.05, 0) is 72.8 Å². The topological polar surface area (TPSA) is 108 Å². The second kappa shape index (κ2) is 9.29. The summed E-state index contributed by atoms with van der Waals surface area (Å²) in [6, 6.07) is 12.2. The zero-order chi connectivity index (χ0) is 24.6. The van der Waals surface area contributed by atoms with Crippen LogP contribution < -0.4 is 5.32 Å². The van der Waals surface area contributed by atoms with Gasteiger partial charge in [-0.3, -0.25) is 10.1 Å². The summed E-state index contributed by atoms with van der Waals surface area (Å²) >= 11 is 0. The van der Waals surface area contributed by atoms with E-state index in [1.54, 1.807) is 18.7 Å². The number of pyridine rings is 3. The molecule has 6 aromatic heterocycles. The maximum atomic E-state index is 5.30. The lowest BCUT2D eigenvalue weighted by molar-refractivity contribution is 0.489. The average Bonchev–Trinajstić information content (AvgIpc) is 3.74. The first-order valence-electron chi connectivity index (χ1n) is 12.8. The number of H-pyrrole nitrogens is 2. The Morgan fingerprint density at radius 1 is 1.03 bits per heavy atom. The van der Waals surface area contributed by atoms with Gasteiger partial charge in [0.2, 0.25) is 0 Å². The summed E-state index contributed by atoms with van der Waals surface area (Å²) in [5, 5.41) is 12.3. The Bertz CT molecular complexity index is 1680. The van der Waals surface area contributed by atoms with Gasteiger partial charge in [0, 0.05) is 41.6 Å². The molecule has 0 amide bonds. The summed E-state index contributed by atoms with van der Waals surface area (Å²) in [6.07, 6.45) is 14.5. The molecular formula is C29H27N7O. The fourth-order valence-electron chi connectivity index (χ4n) is 5.43. The van der Waals surface area contributed by atoms with Gasteiger partial charge < -0.3 is 14.7 Å². The van der Waals surface area contributed by atoms with Crippen molar-refractivity contribution in [3.8, 4) is 33.8 Å². The van der Waals surface area contributed by atoms with Crippen LogP contribution in [0, 0.1) is 5.92 Å². The summed E-state index contributed by atoms with van der Waals surface area (Å²) in [5.74, 6) is 0.815. The smallest absolute Gasteiger partial charge is 0.138 e. The van der Waals surface area contributed by atoms with E-state index in [-0.39, 0.29) is 0 Å². The van der Waals surface area contributed by atoms with Crippen LogP contribution in [0.1, 0.15) is 31.2 Å². The summed E-state index contributed by atoms with van der Waals surface area (Å²) in [7, 11) is 0. The molecule has 1 aliphatic carbocycles. The van der Waals surface area contributed by atoms with Crippen molar-refractivity contribution in [1.82, 2.24) is 35.5 Å². The van der Waals surface area contributed by atoms with Gasteiger partial charge in [-0.2, -0.15) is 5.10 Å². The Hall–Kier alpha value is -4.30. The molecule has 3 N–H and O–H groups in total. The van der Waals surface area contributed by atoms with E-state index in [4.69, 9.17) is 9.40 Å². The van der Waals surface area contributed by atoms with Crippen LogP contribution in [-0.4, -0.2) is 36.7 Å². The predicted molar refractivity (Wildman–Crippen MR) is 144 cm³/mol. The van der Waals surface area contributed by atoms with Gasteiger partial charge in [0.25, 0.3) is 0 Å². The average molecular weight is 490 g/mol. The van der Waals surface area contributed by atoms with E-state index < -0.39 is 0 Å². The molecule has 6 heterocycles. The third kappa shape index (κ3) is 4.19. The van der Waals surface area contributed by atoms with Crippen LogP contribution in [-0.2, 0) is 6.54 Å². The molecule has 1 saturated carbocycles. The van der Waals surface area contributed by atoms with Crippen LogP contribution >= 0.6 is 0 Å². The summed E-state index contributed by atoms with van der Waals surface area (Å²) < 4.78 is 5.30. The Labute approximate surface area is 213 Å². The van der Waals surface area contributed by atoms with Crippen LogP contribution in [0.4, 0.5) is 0 Å². The van der Waals surface area contributed by atoms with Crippen LogP contribution in [0.2, 0.25) is 0 Å². The minimum atomic E-state index is 0.760. The SMILES string of the molecule is c1cc(-c2ccoc2)c2cc(-c3n[nH]c4ccc(-c5cncc(CNCC6CCCC6)c5)nc34)[nH]c2n1. The summed E-state index contributed by atoms with van der Waals surface area (Å²) in [4.78, 5) is 17.4. The molecule has 0 bridgehead atoms. The monoisotopic (exact) mass is 489 g/mol. The van der Waals surface area contributed by atoms with Gasteiger partial charge >= 0.3 is 0 Å². The summed E-state index contributed by atoms with van der Waals surface area (Å²) in [6.45, 7) is 1.89. The molecular weight excluding hydrogens is 462 g/mol. The largest absolute Gasteiger partial charge is 0.472 e. The van der Waals surface area contributed by atoms with E-state index in [0.717, 1.165) is 74.8 Å². The quantitative estimate of drug-likeness (QED) is 0.250. The van der Waals surface area contributed by atoms with Gasteiger partial charge in [-0.15, -0.1) is 0 Å². The molecule has 0 radical (unpaired) electrons. The van der Waals surface area contributed by atoms with Crippen molar-refractivity contribution in [2.24, 2.45) is 5.92 Å². The molecule has 7 rings (SSSR count). The molecule has 184 valence electrons. The molecule has 0 unspecified atom stereocenters. The van der Waals surface area contributed by atoms with Gasteiger partial charge in [-0.1, -0.05) is 12.8 Å². The molecule has 37 heavy (non-hydrogen) atoms. The number of nitrogens with zero attached hydrogens (tertiary/aromatic N) is 4. The third-order valence-corrected chi connectivity index (χ3v) is 7.35. The van der Waals surface area contributed by atoms with Crippen molar-refractivity contribution < 1.29 is 4.42 Å². The van der Waals surface area contributed by atoms with E-state index in [9.17, 15) is 0 Å². The van der Waals surface area contributed by atoms with Crippen molar-refractivity contribution in [2.45, 2.75) is 32.2 Å². The van der Waals surface area contributed by atoms with Crippen molar-refractivity contribution in [1.29, 1.82) is 0 Å². The fourth-order valence-corrected chi connectivity index (χ4v) is 5.43. The molecule has 8 nitrogen and oxygen atoms in total. The number of hydrogen-bond donors (Lipinski definition) is 3. The van der Waals surface area contributed by atoms with Gasteiger partial charge in [0.05, 0.1) is 29.4 Å². The second-order valence-corrected chi connectivity index (χ2v) is 9.84. The highest BCUT2D eigenvalue weighted by molar-refractivity contribution is 5.98. The van der Waals surface area contributed by atoms with Crippen molar-refractivity contribution in [2.75, 3.05) is 6.54 Å².